The molecule has 1 fully saturated rings. The first-order valence-corrected chi connectivity index (χ1v) is 8.27. The van der Waals surface area contributed by atoms with Crippen LogP contribution in [-0.4, -0.2) is 59.8 Å². The smallest absolute Gasteiger partial charge is 0.410 e. The van der Waals surface area contributed by atoms with Crippen molar-refractivity contribution in [3.05, 3.63) is 0 Å². The summed E-state index contributed by atoms with van der Waals surface area (Å²) >= 11 is 0. The Bertz CT molecular complexity index is 324. The van der Waals surface area contributed by atoms with Gasteiger partial charge in [0.25, 0.3) is 0 Å². The number of nitrogens with zero attached hydrogens (tertiary/aromatic N) is 2. The summed E-state index contributed by atoms with van der Waals surface area (Å²) in [6, 6.07) is 0.381. The maximum Gasteiger partial charge on any atom is 0.410 e. The highest BCUT2D eigenvalue weighted by Gasteiger charge is 2.36. The zero-order chi connectivity index (χ0) is 16.0. The third-order valence-corrected chi connectivity index (χ3v) is 4.14. The van der Waals surface area contributed by atoms with Crippen LogP contribution in [0, 0.1) is 0 Å². The van der Waals surface area contributed by atoms with Crippen LogP contribution in [0.15, 0.2) is 0 Å². The molecule has 0 spiro atoms. The molecule has 5 nitrogen and oxygen atoms in total. The number of likely N-dealkylation sites (N-methyl/N-ethyl adjacent to an activating group) is 1. The molecule has 2 atom stereocenters. The predicted octanol–water partition coefficient (Wildman–Crippen LogP) is 2.45. The molecular weight excluding hydrogens is 266 g/mol. The summed E-state index contributed by atoms with van der Waals surface area (Å²) in [6.45, 7) is 13.3. The summed E-state index contributed by atoms with van der Waals surface area (Å²) in [5.41, 5.74) is 5.57. The normalized spacial score (nSPS) is 21.5. The number of amides is 1. The summed E-state index contributed by atoms with van der Waals surface area (Å²) in [5.74, 6) is 0. The molecule has 0 aromatic rings. The second-order valence-electron chi connectivity index (χ2n) is 6.76. The Morgan fingerprint density at radius 2 is 1.95 bits per heavy atom. The van der Waals surface area contributed by atoms with Gasteiger partial charge in [-0.3, -0.25) is 4.90 Å². The van der Waals surface area contributed by atoms with Gasteiger partial charge < -0.3 is 15.4 Å². The second-order valence-corrected chi connectivity index (χ2v) is 6.76. The lowest BCUT2D eigenvalue weighted by Crippen LogP contribution is -2.58. The highest BCUT2D eigenvalue weighted by molar-refractivity contribution is 5.68. The molecule has 0 radical (unpaired) electrons. The van der Waals surface area contributed by atoms with E-state index in [0.717, 1.165) is 38.9 Å². The van der Waals surface area contributed by atoms with Gasteiger partial charge in [-0.05, 0) is 53.1 Å². The molecule has 0 aliphatic carbocycles. The third-order valence-electron chi connectivity index (χ3n) is 4.14. The molecule has 1 heterocycles. The zero-order valence-corrected chi connectivity index (χ0v) is 14.4. The van der Waals surface area contributed by atoms with Crippen LogP contribution in [0.25, 0.3) is 0 Å². The minimum Gasteiger partial charge on any atom is -0.444 e. The lowest BCUT2D eigenvalue weighted by Gasteiger charge is -2.44. The molecule has 1 saturated heterocycles. The monoisotopic (exact) mass is 299 g/mol. The number of carbonyl (C=O) groups is 1. The van der Waals surface area contributed by atoms with E-state index in [1.807, 2.05) is 25.7 Å². The van der Waals surface area contributed by atoms with Crippen molar-refractivity contribution in [3.8, 4) is 0 Å². The van der Waals surface area contributed by atoms with Gasteiger partial charge in [-0.2, -0.15) is 0 Å². The topological polar surface area (TPSA) is 58.8 Å². The molecule has 1 amide bonds. The Labute approximate surface area is 129 Å². The van der Waals surface area contributed by atoms with Gasteiger partial charge >= 0.3 is 6.09 Å². The van der Waals surface area contributed by atoms with Crippen molar-refractivity contribution in [2.45, 2.75) is 71.6 Å². The van der Waals surface area contributed by atoms with Crippen molar-refractivity contribution in [2.24, 2.45) is 5.73 Å². The summed E-state index contributed by atoms with van der Waals surface area (Å²) in [6.07, 6.45) is 3.02. The molecule has 1 aliphatic rings. The predicted molar refractivity (Wildman–Crippen MR) is 86.3 cm³/mol. The highest BCUT2D eigenvalue weighted by atomic mass is 16.6. The van der Waals surface area contributed by atoms with Crippen LogP contribution >= 0.6 is 0 Å². The van der Waals surface area contributed by atoms with Crippen LogP contribution in [-0.2, 0) is 4.74 Å². The summed E-state index contributed by atoms with van der Waals surface area (Å²) in [7, 11) is 0. The van der Waals surface area contributed by atoms with Crippen molar-refractivity contribution in [2.75, 3.05) is 26.2 Å². The lowest BCUT2D eigenvalue weighted by molar-refractivity contribution is -0.00474. The summed E-state index contributed by atoms with van der Waals surface area (Å²) in [4.78, 5) is 16.8. The SMILES string of the molecule is CCN(CC)C(CN)C1CCCCN1C(=O)OC(C)(C)C. The molecule has 124 valence electrons. The van der Waals surface area contributed by atoms with E-state index in [2.05, 4.69) is 18.7 Å². The number of nitrogens with two attached hydrogens (primary N) is 1. The Morgan fingerprint density at radius 1 is 1.33 bits per heavy atom. The van der Waals surface area contributed by atoms with E-state index in [0.29, 0.717) is 6.54 Å². The maximum absolute atomic E-state index is 12.5. The van der Waals surface area contributed by atoms with Crippen LogP contribution in [0.5, 0.6) is 0 Å². The van der Waals surface area contributed by atoms with Gasteiger partial charge in [0.1, 0.15) is 5.60 Å². The number of piperidine rings is 1. The van der Waals surface area contributed by atoms with Gasteiger partial charge in [0.05, 0.1) is 6.04 Å². The molecule has 2 N–H and O–H groups in total. The number of likely N-dealkylation sites (tertiary alicyclic amines) is 1. The quantitative estimate of drug-likeness (QED) is 0.847. The zero-order valence-electron chi connectivity index (χ0n) is 14.4. The first-order chi connectivity index (χ1) is 9.84. The number of rotatable bonds is 5. The average molecular weight is 299 g/mol. The number of carbonyl (C=O) groups excluding carboxylic acids is 1. The van der Waals surface area contributed by atoms with Crippen LogP contribution in [0.2, 0.25) is 0 Å². The molecule has 1 rings (SSSR count). The molecule has 0 aromatic carbocycles. The fourth-order valence-electron chi connectivity index (χ4n) is 3.15. The summed E-state index contributed by atoms with van der Waals surface area (Å²) < 4.78 is 5.58. The molecular formula is C16H33N3O2. The van der Waals surface area contributed by atoms with E-state index in [1.165, 1.54) is 0 Å². The molecule has 0 saturated carbocycles. The largest absolute Gasteiger partial charge is 0.444 e. The van der Waals surface area contributed by atoms with Crippen molar-refractivity contribution < 1.29 is 9.53 Å². The Hall–Kier alpha value is -0.810. The van der Waals surface area contributed by atoms with E-state index in [1.54, 1.807) is 0 Å². The van der Waals surface area contributed by atoms with E-state index >= 15 is 0 Å². The molecule has 0 bridgehead atoms. The van der Waals surface area contributed by atoms with Crippen molar-refractivity contribution in [3.63, 3.8) is 0 Å². The molecule has 2 unspecified atom stereocenters. The fraction of sp³-hybridized carbons (Fsp3) is 0.938. The molecule has 5 heteroatoms. The Kier molecular flexibility index (Phi) is 6.94. The molecule has 21 heavy (non-hydrogen) atoms. The average Bonchev–Trinajstić information content (AvgIpc) is 2.42. The Morgan fingerprint density at radius 3 is 2.43 bits per heavy atom. The van der Waals surface area contributed by atoms with Gasteiger partial charge in [0, 0.05) is 19.1 Å². The van der Waals surface area contributed by atoms with Crippen molar-refractivity contribution in [1.82, 2.24) is 9.80 Å². The van der Waals surface area contributed by atoms with Crippen LogP contribution in [0.1, 0.15) is 53.9 Å². The van der Waals surface area contributed by atoms with E-state index in [-0.39, 0.29) is 18.2 Å². The first-order valence-electron chi connectivity index (χ1n) is 8.27. The molecule has 0 aromatic heterocycles. The second kappa shape index (κ2) is 7.99. The standard InChI is InChI=1S/C16H33N3O2/c1-6-18(7-2)14(12-17)13-10-8-9-11-19(13)15(20)21-16(3,4)5/h13-14H,6-12,17H2,1-5H3. The highest BCUT2D eigenvalue weighted by Crippen LogP contribution is 2.24. The van der Waals surface area contributed by atoms with Gasteiger partial charge in [-0.15, -0.1) is 0 Å². The number of ether oxygens (including phenoxy) is 1. The van der Waals surface area contributed by atoms with Gasteiger partial charge in [-0.25, -0.2) is 4.79 Å². The summed E-state index contributed by atoms with van der Waals surface area (Å²) in [5, 5.41) is 0. The fourth-order valence-corrected chi connectivity index (χ4v) is 3.15. The van der Waals surface area contributed by atoms with Gasteiger partial charge in [0.2, 0.25) is 0 Å². The number of hydrogen-bond donors (Lipinski definition) is 1. The number of hydrogen-bond acceptors (Lipinski definition) is 4. The van der Waals surface area contributed by atoms with E-state index < -0.39 is 5.60 Å². The van der Waals surface area contributed by atoms with E-state index in [4.69, 9.17) is 10.5 Å². The first kappa shape index (κ1) is 18.2. The van der Waals surface area contributed by atoms with Gasteiger partial charge in [0.15, 0.2) is 0 Å². The van der Waals surface area contributed by atoms with Crippen LogP contribution in [0.3, 0.4) is 0 Å². The van der Waals surface area contributed by atoms with E-state index in [9.17, 15) is 4.79 Å². The third kappa shape index (κ3) is 5.15. The minimum atomic E-state index is -0.452. The lowest BCUT2D eigenvalue weighted by atomic mass is 9.94. The Balaban J connectivity index is 2.87. The van der Waals surface area contributed by atoms with Gasteiger partial charge in [-0.1, -0.05) is 13.8 Å². The van der Waals surface area contributed by atoms with Crippen LogP contribution < -0.4 is 5.73 Å². The van der Waals surface area contributed by atoms with Crippen LogP contribution in [0.4, 0.5) is 4.79 Å². The minimum absolute atomic E-state index is 0.165. The van der Waals surface area contributed by atoms with Crippen molar-refractivity contribution in [1.29, 1.82) is 0 Å². The van der Waals surface area contributed by atoms with Crippen molar-refractivity contribution >= 4 is 6.09 Å². The molecule has 1 aliphatic heterocycles. The maximum atomic E-state index is 12.5.